The number of fused-ring (bicyclic) bond motifs is 9. The highest BCUT2D eigenvalue weighted by Crippen LogP contribution is 2.44. The molecule has 0 radical (unpaired) electrons. The molecule has 4 aromatic heterocycles. The van der Waals surface area contributed by atoms with Crippen LogP contribution < -0.4 is 10.6 Å². The van der Waals surface area contributed by atoms with Crippen molar-refractivity contribution in [1.29, 1.82) is 0 Å². The highest BCUT2D eigenvalue weighted by molar-refractivity contribution is 7.22. The molecular weight excluding hydrogens is 553 g/mol. The van der Waals surface area contributed by atoms with E-state index in [4.69, 9.17) is 8.83 Å². The van der Waals surface area contributed by atoms with E-state index in [2.05, 4.69) is 115 Å². The van der Waals surface area contributed by atoms with Gasteiger partial charge in [0.2, 0.25) is 0 Å². The first-order valence-corrected chi connectivity index (χ1v) is 15.9. The molecule has 0 N–H and O–H groups in total. The third-order valence-corrected chi connectivity index (χ3v) is 11.2. The van der Waals surface area contributed by atoms with E-state index < -0.39 is 0 Å². The van der Waals surface area contributed by atoms with Crippen molar-refractivity contribution in [2.75, 3.05) is 0 Å². The molecule has 0 amide bonds. The fraction of sp³-hybridized carbons (Fsp3) is 0.0526. The van der Waals surface area contributed by atoms with E-state index in [0.717, 1.165) is 28.8 Å². The fourth-order valence-corrected chi connectivity index (χ4v) is 8.91. The van der Waals surface area contributed by atoms with Gasteiger partial charge in [-0.2, -0.15) is 0 Å². The summed E-state index contributed by atoms with van der Waals surface area (Å²) in [6.45, 7) is 0. The highest BCUT2D eigenvalue weighted by Gasteiger charge is 2.28. The molecule has 0 spiro atoms. The van der Waals surface area contributed by atoms with Crippen LogP contribution in [0.5, 0.6) is 0 Å². The van der Waals surface area contributed by atoms with Gasteiger partial charge in [0.05, 0.1) is 9.40 Å². The summed E-state index contributed by atoms with van der Waals surface area (Å²) in [7, 11) is 0. The van der Waals surface area contributed by atoms with Crippen LogP contribution in [0.1, 0.15) is 11.3 Å². The second-order valence-corrected chi connectivity index (χ2v) is 13.4. The molecule has 1 unspecified atom stereocenters. The monoisotopic (exact) mass is 574 g/mol. The summed E-state index contributed by atoms with van der Waals surface area (Å²) in [4.78, 5) is 2.49. The molecule has 2 aliphatic rings. The smallest absolute Gasteiger partial charge is 0.146 e. The van der Waals surface area contributed by atoms with Crippen LogP contribution in [-0.2, 0) is 6.42 Å². The highest BCUT2D eigenvalue weighted by atomic mass is 32.1. The lowest BCUT2D eigenvalue weighted by Gasteiger charge is -2.20. The first-order chi connectivity index (χ1) is 20.7. The van der Waals surface area contributed by atoms with Crippen LogP contribution in [-0.4, -0.2) is 0 Å². The summed E-state index contributed by atoms with van der Waals surface area (Å²) in [6.07, 6.45) is 7.83. The maximum absolute atomic E-state index is 6.46. The molecule has 0 fully saturated rings. The maximum Gasteiger partial charge on any atom is 0.146 e. The zero-order valence-corrected chi connectivity index (χ0v) is 24.0. The van der Waals surface area contributed by atoms with Crippen molar-refractivity contribution in [2.24, 2.45) is 5.92 Å². The Labute approximate surface area is 248 Å². The van der Waals surface area contributed by atoms with Crippen LogP contribution in [0.25, 0.3) is 81.2 Å². The molecular formula is C38H22O2S2. The number of furan rings is 2. The van der Waals surface area contributed by atoms with Crippen molar-refractivity contribution in [2.45, 2.75) is 6.42 Å². The Balaban J connectivity index is 1.04. The number of hydrogen-bond acceptors (Lipinski definition) is 4. The Kier molecular flexibility index (Phi) is 4.62. The Morgan fingerprint density at radius 2 is 1.21 bits per heavy atom. The summed E-state index contributed by atoms with van der Waals surface area (Å²) in [5.41, 5.74) is 8.04. The second kappa shape index (κ2) is 8.45. The number of hydrogen-bond donors (Lipinski definition) is 0. The van der Waals surface area contributed by atoms with Crippen LogP contribution in [0.15, 0.2) is 111 Å². The summed E-state index contributed by atoms with van der Waals surface area (Å²) >= 11 is 3.66. The molecule has 0 saturated carbocycles. The molecule has 4 aromatic carbocycles. The van der Waals surface area contributed by atoms with Crippen LogP contribution in [0, 0.1) is 5.92 Å². The van der Waals surface area contributed by atoms with Crippen molar-refractivity contribution < 1.29 is 8.83 Å². The van der Waals surface area contributed by atoms with Crippen molar-refractivity contribution >= 4 is 83.0 Å². The van der Waals surface area contributed by atoms with Gasteiger partial charge in [-0.05, 0) is 75.0 Å². The first kappa shape index (κ1) is 23.0. The van der Waals surface area contributed by atoms with Gasteiger partial charge in [0.15, 0.2) is 0 Å². The summed E-state index contributed by atoms with van der Waals surface area (Å²) < 4.78 is 15.4. The molecule has 1 atom stereocenters. The molecule has 2 aliphatic carbocycles. The third kappa shape index (κ3) is 3.37. The zero-order chi connectivity index (χ0) is 27.4. The predicted octanol–water partition coefficient (Wildman–Crippen LogP) is 9.77. The number of benzene rings is 4. The molecule has 4 heterocycles. The lowest BCUT2D eigenvalue weighted by Crippen LogP contribution is -2.28. The Morgan fingerprint density at radius 3 is 1.90 bits per heavy atom. The number of allylic oxidation sites excluding steroid dienone is 1. The molecule has 198 valence electrons. The van der Waals surface area contributed by atoms with Crippen LogP contribution in [0.4, 0.5) is 0 Å². The minimum Gasteiger partial charge on any atom is -0.455 e. The normalized spacial score (nSPS) is 15.8. The van der Waals surface area contributed by atoms with Gasteiger partial charge in [-0.3, -0.25) is 0 Å². The minimum absolute atomic E-state index is 0.289. The van der Waals surface area contributed by atoms with Crippen molar-refractivity contribution in [3.05, 3.63) is 125 Å². The minimum atomic E-state index is 0.289. The van der Waals surface area contributed by atoms with Crippen molar-refractivity contribution in [1.82, 2.24) is 0 Å². The third-order valence-electron chi connectivity index (χ3n) is 8.80. The molecule has 0 bridgehead atoms. The average molecular weight is 575 g/mol. The van der Waals surface area contributed by atoms with Gasteiger partial charge in [0.1, 0.15) is 22.3 Å². The largest absolute Gasteiger partial charge is 0.455 e. The molecule has 0 saturated heterocycles. The van der Waals surface area contributed by atoms with E-state index in [1.807, 2.05) is 22.7 Å². The first-order valence-electron chi connectivity index (χ1n) is 14.2. The molecule has 0 aliphatic heterocycles. The molecule has 8 aromatic rings. The summed E-state index contributed by atoms with van der Waals surface area (Å²) in [5, 5.41) is 6.25. The number of thiophene rings is 2. The van der Waals surface area contributed by atoms with E-state index in [-0.39, 0.29) is 5.92 Å². The quantitative estimate of drug-likeness (QED) is 0.205. The predicted molar refractivity (Wildman–Crippen MR) is 177 cm³/mol. The van der Waals surface area contributed by atoms with E-state index >= 15 is 0 Å². The number of rotatable bonds is 2. The standard InChI is InChI=1S/C38H22O2S2/c1-3-7-23-13-25(11-9-21(23)5-1)35-19-33-37(41-35)29-15-27-18-32-30(16-28(27)17-31(29)39-33)38-34(40-32)20-36(42-38)26-12-10-22-6-2-4-8-24(22)14-26/h1-15,17-20,28H,16H2. The molecule has 4 heteroatoms. The lowest BCUT2D eigenvalue weighted by atomic mass is 9.84. The lowest BCUT2D eigenvalue weighted by molar-refractivity contribution is 0.564. The molecule has 42 heavy (non-hydrogen) atoms. The van der Waals surface area contributed by atoms with Gasteiger partial charge in [0, 0.05) is 38.6 Å². The van der Waals surface area contributed by atoms with Crippen LogP contribution in [0.3, 0.4) is 0 Å². The van der Waals surface area contributed by atoms with Gasteiger partial charge < -0.3 is 8.83 Å². The van der Waals surface area contributed by atoms with Gasteiger partial charge >= 0.3 is 0 Å². The van der Waals surface area contributed by atoms with Gasteiger partial charge in [-0.1, -0.05) is 72.8 Å². The van der Waals surface area contributed by atoms with Crippen LogP contribution >= 0.6 is 22.7 Å². The fourth-order valence-electron chi connectivity index (χ4n) is 6.67. The van der Waals surface area contributed by atoms with Crippen molar-refractivity contribution in [3.8, 4) is 20.9 Å². The van der Waals surface area contributed by atoms with Crippen LogP contribution in [0.2, 0.25) is 0 Å². The Bertz CT molecular complexity index is 2560. The summed E-state index contributed by atoms with van der Waals surface area (Å²) in [6, 6.07) is 34.9. The SMILES string of the molecule is C1=C2C=c3c(oc4cc(-c5ccc6ccccc6c5)sc34)=CC2Cc2c1oc1cc(-c3ccc4ccccc4c3)sc21. The second-order valence-electron chi connectivity index (χ2n) is 11.3. The maximum atomic E-state index is 6.46. The Morgan fingerprint density at radius 1 is 0.595 bits per heavy atom. The van der Waals surface area contributed by atoms with E-state index in [1.54, 1.807) is 0 Å². The zero-order valence-electron chi connectivity index (χ0n) is 22.4. The summed E-state index contributed by atoms with van der Waals surface area (Å²) in [5.74, 6) is 1.29. The average Bonchev–Trinajstić information content (AvgIpc) is 3.78. The Hall–Kier alpha value is -4.64. The van der Waals surface area contributed by atoms with Crippen molar-refractivity contribution in [3.63, 3.8) is 0 Å². The van der Waals surface area contributed by atoms with E-state index in [1.165, 1.54) is 68.2 Å². The van der Waals surface area contributed by atoms with Gasteiger partial charge in [-0.25, -0.2) is 0 Å². The van der Waals surface area contributed by atoms with E-state index in [0.29, 0.717) is 0 Å². The molecule has 10 rings (SSSR count). The van der Waals surface area contributed by atoms with Gasteiger partial charge in [0.25, 0.3) is 0 Å². The molecule has 2 nitrogen and oxygen atoms in total. The topological polar surface area (TPSA) is 26.3 Å². The van der Waals surface area contributed by atoms with E-state index in [9.17, 15) is 0 Å². The van der Waals surface area contributed by atoms with Gasteiger partial charge in [-0.15, -0.1) is 22.7 Å².